The van der Waals surface area contributed by atoms with Crippen LogP contribution in [0.15, 0.2) is 5.38 Å². The van der Waals surface area contributed by atoms with Crippen molar-refractivity contribution in [3.05, 3.63) is 11.1 Å². The van der Waals surface area contributed by atoms with Crippen molar-refractivity contribution >= 4 is 22.6 Å². The number of carbonyl (C=O) groups is 1. The van der Waals surface area contributed by atoms with E-state index in [2.05, 4.69) is 10.3 Å². The van der Waals surface area contributed by atoms with Gasteiger partial charge in [-0.15, -0.1) is 11.3 Å². The highest BCUT2D eigenvalue weighted by atomic mass is 32.1. The van der Waals surface area contributed by atoms with Crippen LogP contribution in [0.25, 0.3) is 0 Å². The molecule has 2 rings (SSSR count). The molecule has 1 aromatic rings. The fourth-order valence-corrected chi connectivity index (χ4v) is 2.69. The summed E-state index contributed by atoms with van der Waals surface area (Å²) in [4.78, 5) is 16.1. The van der Waals surface area contributed by atoms with Crippen molar-refractivity contribution in [3.63, 3.8) is 0 Å². The van der Waals surface area contributed by atoms with Crippen molar-refractivity contribution in [1.29, 1.82) is 0 Å². The molecule has 6 heteroatoms. The quantitative estimate of drug-likeness (QED) is 0.904. The first-order chi connectivity index (χ1) is 8.94. The number of amides is 1. The Balaban J connectivity index is 1.91. The maximum atomic E-state index is 11.6. The molecule has 2 heterocycles. The molecule has 0 spiro atoms. The van der Waals surface area contributed by atoms with Crippen LogP contribution in [0.2, 0.25) is 0 Å². The summed E-state index contributed by atoms with van der Waals surface area (Å²) in [5.41, 5.74) is 0.546. The predicted octanol–water partition coefficient (Wildman–Crippen LogP) is 3.38. The molecular weight excluding hydrogens is 264 g/mol. The standard InChI is InChI=1S/C13H20N2O3S/c1-13(2,3)18-12(16)15-11-14-10(8-19-11)9-4-6-17-7-5-9/h8-9H,4-7H2,1-3H3,(H,14,15,16). The second kappa shape index (κ2) is 5.88. The summed E-state index contributed by atoms with van der Waals surface area (Å²) in [6.07, 6.45) is 1.53. The van der Waals surface area contributed by atoms with Gasteiger partial charge in [-0.1, -0.05) is 0 Å². The topological polar surface area (TPSA) is 60.5 Å². The Morgan fingerprint density at radius 2 is 2.16 bits per heavy atom. The zero-order valence-electron chi connectivity index (χ0n) is 11.6. The molecule has 1 fully saturated rings. The first-order valence-electron chi connectivity index (χ1n) is 6.47. The minimum absolute atomic E-state index is 0.444. The van der Waals surface area contributed by atoms with Gasteiger partial charge in [-0.05, 0) is 33.6 Å². The first kappa shape index (κ1) is 14.3. The molecule has 0 atom stereocenters. The minimum Gasteiger partial charge on any atom is -0.444 e. The van der Waals surface area contributed by atoms with E-state index in [9.17, 15) is 4.79 Å². The van der Waals surface area contributed by atoms with Crippen LogP contribution in [0.3, 0.4) is 0 Å². The maximum Gasteiger partial charge on any atom is 0.413 e. The van der Waals surface area contributed by atoms with Gasteiger partial charge in [0.15, 0.2) is 5.13 Å². The number of hydrogen-bond acceptors (Lipinski definition) is 5. The summed E-state index contributed by atoms with van der Waals surface area (Å²) in [5.74, 6) is 0.444. The van der Waals surface area contributed by atoms with Crippen molar-refractivity contribution in [2.75, 3.05) is 18.5 Å². The zero-order chi connectivity index (χ0) is 13.9. The number of ether oxygens (including phenoxy) is 2. The third-order valence-corrected chi connectivity index (χ3v) is 3.55. The Labute approximate surface area is 117 Å². The van der Waals surface area contributed by atoms with E-state index in [4.69, 9.17) is 9.47 Å². The molecule has 5 nitrogen and oxygen atoms in total. The Bertz CT molecular complexity index is 433. The average Bonchev–Trinajstić information content (AvgIpc) is 2.76. The van der Waals surface area contributed by atoms with Gasteiger partial charge in [0.25, 0.3) is 0 Å². The molecule has 1 N–H and O–H groups in total. The van der Waals surface area contributed by atoms with E-state index in [0.29, 0.717) is 11.0 Å². The van der Waals surface area contributed by atoms with Gasteiger partial charge < -0.3 is 9.47 Å². The van der Waals surface area contributed by atoms with Crippen LogP contribution in [0.4, 0.5) is 9.93 Å². The van der Waals surface area contributed by atoms with Gasteiger partial charge in [-0.3, -0.25) is 5.32 Å². The number of rotatable bonds is 2. The fraction of sp³-hybridized carbons (Fsp3) is 0.692. The molecule has 19 heavy (non-hydrogen) atoms. The van der Waals surface area contributed by atoms with E-state index in [1.54, 1.807) is 0 Å². The Hall–Kier alpha value is -1.14. The van der Waals surface area contributed by atoms with Gasteiger partial charge in [-0.25, -0.2) is 9.78 Å². The van der Waals surface area contributed by atoms with E-state index in [1.165, 1.54) is 11.3 Å². The van der Waals surface area contributed by atoms with Gasteiger partial charge >= 0.3 is 6.09 Å². The van der Waals surface area contributed by atoms with Crippen LogP contribution >= 0.6 is 11.3 Å². The average molecular weight is 284 g/mol. The summed E-state index contributed by atoms with van der Waals surface area (Å²) in [6.45, 7) is 7.08. The number of thiazole rings is 1. The Morgan fingerprint density at radius 3 is 2.79 bits per heavy atom. The minimum atomic E-state index is -0.495. The number of anilines is 1. The molecule has 1 amide bonds. The van der Waals surface area contributed by atoms with E-state index in [-0.39, 0.29) is 0 Å². The number of nitrogens with zero attached hydrogens (tertiary/aromatic N) is 1. The van der Waals surface area contributed by atoms with Crippen molar-refractivity contribution in [3.8, 4) is 0 Å². The normalized spacial score (nSPS) is 17.2. The number of nitrogens with one attached hydrogen (secondary N) is 1. The summed E-state index contributed by atoms with van der Waals surface area (Å²) in [5, 5.41) is 5.27. The van der Waals surface area contributed by atoms with E-state index < -0.39 is 11.7 Å². The molecule has 1 aliphatic heterocycles. The second-order valence-electron chi connectivity index (χ2n) is 5.59. The summed E-state index contributed by atoms with van der Waals surface area (Å²) >= 11 is 1.43. The van der Waals surface area contributed by atoms with E-state index >= 15 is 0 Å². The highest BCUT2D eigenvalue weighted by molar-refractivity contribution is 7.13. The Morgan fingerprint density at radius 1 is 1.47 bits per heavy atom. The fourth-order valence-electron chi connectivity index (χ4n) is 1.92. The molecule has 1 aromatic heterocycles. The third-order valence-electron chi connectivity index (χ3n) is 2.77. The van der Waals surface area contributed by atoms with Crippen LogP contribution in [-0.4, -0.2) is 29.9 Å². The SMILES string of the molecule is CC(C)(C)OC(=O)Nc1nc(C2CCOCC2)cs1. The summed E-state index contributed by atoms with van der Waals surface area (Å²) in [6, 6.07) is 0. The summed E-state index contributed by atoms with van der Waals surface area (Å²) in [7, 11) is 0. The van der Waals surface area contributed by atoms with Crippen LogP contribution in [-0.2, 0) is 9.47 Å². The highest BCUT2D eigenvalue weighted by Crippen LogP contribution is 2.29. The molecule has 1 aliphatic rings. The van der Waals surface area contributed by atoms with Crippen LogP contribution in [0.1, 0.15) is 45.2 Å². The molecule has 0 radical (unpaired) electrons. The zero-order valence-corrected chi connectivity index (χ0v) is 12.4. The number of aromatic nitrogens is 1. The molecule has 0 aromatic carbocycles. The predicted molar refractivity (Wildman–Crippen MR) is 74.8 cm³/mol. The highest BCUT2D eigenvalue weighted by Gasteiger charge is 2.20. The maximum absolute atomic E-state index is 11.6. The van der Waals surface area contributed by atoms with Gasteiger partial charge in [0.1, 0.15) is 5.60 Å². The van der Waals surface area contributed by atoms with Gasteiger partial charge in [0.2, 0.25) is 0 Å². The van der Waals surface area contributed by atoms with Gasteiger partial charge in [0, 0.05) is 24.5 Å². The lowest BCUT2D eigenvalue weighted by molar-refractivity contribution is 0.0635. The monoisotopic (exact) mass is 284 g/mol. The van der Waals surface area contributed by atoms with Crippen molar-refractivity contribution < 1.29 is 14.3 Å². The Kier molecular flexibility index (Phi) is 4.42. The van der Waals surface area contributed by atoms with Crippen LogP contribution in [0.5, 0.6) is 0 Å². The van der Waals surface area contributed by atoms with E-state index in [1.807, 2.05) is 26.2 Å². The largest absolute Gasteiger partial charge is 0.444 e. The summed E-state index contributed by atoms with van der Waals surface area (Å²) < 4.78 is 10.5. The molecule has 1 saturated heterocycles. The van der Waals surface area contributed by atoms with Crippen molar-refractivity contribution in [2.45, 2.75) is 45.1 Å². The molecule has 0 aliphatic carbocycles. The number of hydrogen-bond donors (Lipinski definition) is 1. The number of carbonyl (C=O) groups excluding carboxylic acids is 1. The van der Waals surface area contributed by atoms with E-state index in [0.717, 1.165) is 31.7 Å². The van der Waals surface area contributed by atoms with Gasteiger partial charge in [-0.2, -0.15) is 0 Å². The van der Waals surface area contributed by atoms with Crippen LogP contribution < -0.4 is 5.32 Å². The van der Waals surface area contributed by atoms with Crippen molar-refractivity contribution in [2.24, 2.45) is 0 Å². The lowest BCUT2D eigenvalue weighted by Gasteiger charge is -2.20. The smallest absolute Gasteiger partial charge is 0.413 e. The third kappa shape index (κ3) is 4.47. The van der Waals surface area contributed by atoms with Crippen LogP contribution in [0, 0.1) is 0 Å². The molecule has 0 unspecified atom stereocenters. The molecule has 106 valence electrons. The molecular formula is C13H20N2O3S. The molecule has 0 saturated carbocycles. The lowest BCUT2D eigenvalue weighted by atomic mass is 9.98. The first-order valence-corrected chi connectivity index (χ1v) is 7.35. The lowest BCUT2D eigenvalue weighted by Crippen LogP contribution is -2.27. The van der Waals surface area contributed by atoms with Gasteiger partial charge in [0.05, 0.1) is 5.69 Å². The second-order valence-corrected chi connectivity index (χ2v) is 6.45. The van der Waals surface area contributed by atoms with Crippen molar-refractivity contribution in [1.82, 2.24) is 4.98 Å². The molecule has 0 bridgehead atoms.